The lowest BCUT2D eigenvalue weighted by Gasteiger charge is -2.25. The Hall–Kier alpha value is -0.363. The largest absolute Gasteiger partial charge is 0.466 e. The minimum absolute atomic E-state index is 0.0936. The normalized spacial score (nSPS) is 15.9. The molecular formula is C23H43ClO4Si. The number of rotatable bonds is 18. The Labute approximate surface area is 184 Å². The molecule has 1 aliphatic heterocycles. The molecule has 0 aromatic carbocycles. The van der Waals surface area contributed by atoms with Gasteiger partial charge in [-0.2, -0.15) is 0 Å². The van der Waals surface area contributed by atoms with Crippen LogP contribution in [0.3, 0.4) is 0 Å². The van der Waals surface area contributed by atoms with Crippen molar-refractivity contribution >= 4 is 25.6 Å². The standard InChI is InChI=1S/C23H43ClO4Si/c1-29(20-9-4-5-10-21-29)22-11-8-17-28-23(25)13-12-16-27-19-18-26-15-7-3-2-6-14-24/h4-5H,2-3,6-22H2,1H3. The number of hydrogen-bond donors (Lipinski definition) is 0. The van der Waals surface area contributed by atoms with E-state index in [9.17, 15) is 4.79 Å². The van der Waals surface area contributed by atoms with Gasteiger partial charge in [0.15, 0.2) is 0 Å². The summed E-state index contributed by atoms with van der Waals surface area (Å²) in [6.07, 6.45) is 15.1. The van der Waals surface area contributed by atoms with Crippen molar-refractivity contribution in [2.45, 2.75) is 88.9 Å². The molecule has 170 valence electrons. The average Bonchev–Trinajstić information content (AvgIpc) is 2.93. The lowest BCUT2D eigenvalue weighted by Crippen LogP contribution is -2.28. The average molecular weight is 447 g/mol. The molecule has 0 saturated heterocycles. The number of allylic oxidation sites excluding steroid dienone is 2. The number of carbonyl (C=O) groups excluding carboxylic acids is 1. The van der Waals surface area contributed by atoms with Crippen LogP contribution in [0.25, 0.3) is 0 Å². The van der Waals surface area contributed by atoms with Gasteiger partial charge in [-0.1, -0.05) is 56.1 Å². The van der Waals surface area contributed by atoms with Crippen molar-refractivity contribution in [1.82, 2.24) is 0 Å². The number of carbonyl (C=O) groups is 1. The quantitative estimate of drug-likeness (QED) is 0.0808. The number of ether oxygens (including phenoxy) is 3. The first-order chi connectivity index (χ1) is 14.2. The number of halogens is 1. The van der Waals surface area contributed by atoms with Crippen molar-refractivity contribution in [2.75, 3.05) is 38.9 Å². The molecule has 0 atom stereocenters. The monoisotopic (exact) mass is 446 g/mol. The Morgan fingerprint density at radius 1 is 0.828 bits per heavy atom. The van der Waals surface area contributed by atoms with Gasteiger partial charge in [0, 0.05) is 25.5 Å². The number of esters is 1. The van der Waals surface area contributed by atoms with Gasteiger partial charge in [0.2, 0.25) is 0 Å². The lowest BCUT2D eigenvalue weighted by atomic mass is 10.2. The molecule has 0 aromatic heterocycles. The van der Waals surface area contributed by atoms with Gasteiger partial charge in [-0.3, -0.25) is 4.79 Å². The highest BCUT2D eigenvalue weighted by Gasteiger charge is 2.25. The Kier molecular flexibility index (Phi) is 16.9. The molecule has 1 heterocycles. The minimum Gasteiger partial charge on any atom is -0.466 e. The molecule has 0 saturated carbocycles. The van der Waals surface area contributed by atoms with Crippen molar-refractivity contribution in [3.8, 4) is 0 Å². The summed E-state index contributed by atoms with van der Waals surface area (Å²) < 4.78 is 16.4. The number of alkyl halides is 1. The maximum absolute atomic E-state index is 11.8. The molecule has 1 aliphatic rings. The van der Waals surface area contributed by atoms with Crippen LogP contribution in [-0.4, -0.2) is 53.0 Å². The van der Waals surface area contributed by atoms with E-state index >= 15 is 0 Å². The van der Waals surface area contributed by atoms with E-state index in [-0.39, 0.29) is 5.97 Å². The Morgan fingerprint density at radius 2 is 1.45 bits per heavy atom. The molecule has 4 nitrogen and oxygen atoms in total. The first kappa shape index (κ1) is 26.7. The first-order valence-corrected chi connectivity index (χ1v) is 15.3. The zero-order valence-electron chi connectivity index (χ0n) is 18.6. The van der Waals surface area contributed by atoms with Crippen LogP contribution in [0.1, 0.15) is 64.2 Å². The van der Waals surface area contributed by atoms with Crippen LogP contribution in [0.4, 0.5) is 0 Å². The summed E-state index contributed by atoms with van der Waals surface area (Å²) >= 11 is 5.64. The fourth-order valence-corrected chi connectivity index (χ4v) is 7.45. The summed E-state index contributed by atoms with van der Waals surface area (Å²) in [6.45, 7) is 5.71. The van der Waals surface area contributed by atoms with E-state index in [1.165, 1.54) is 50.2 Å². The van der Waals surface area contributed by atoms with Crippen LogP contribution < -0.4 is 0 Å². The van der Waals surface area contributed by atoms with Gasteiger partial charge in [-0.25, -0.2) is 0 Å². The minimum atomic E-state index is -1.05. The van der Waals surface area contributed by atoms with Gasteiger partial charge in [0.1, 0.15) is 0 Å². The second-order valence-corrected chi connectivity index (χ2v) is 14.0. The van der Waals surface area contributed by atoms with Crippen molar-refractivity contribution in [3.05, 3.63) is 12.2 Å². The zero-order chi connectivity index (χ0) is 21.0. The summed E-state index contributed by atoms with van der Waals surface area (Å²) in [7, 11) is -1.05. The van der Waals surface area contributed by atoms with Gasteiger partial charge in [0.25, 0.3) is 0 Å². The number of hydrogen-bond acceptors (Lipinski definition) is 4. The van der Waals surface area contributed by atoms with Crippen molar-refractivity contribution < 1.29 is 19.0 Å². The molecule has 0 fully saturated rings. The van der Waals surface area contributed by atoms with Crippen molar-refractivity contribution in [1.29, 1.82) is 0 Å². The zero-order valence-corrected chi connectivity index (χ0v) is 20.4. The molecule has 0 radical (unpaired) electrons. The fourth-order valence-electron chi connectivity index (χ4n) is 3.68. The highest BCUT2D eigenvalue weighted by molar-refractivity contribution is 6.78. The van der Waals surface area contributed by atoms with Crippen LogP contribution in [0, 0.1) is 0 Å². The van der Waals surface area contributed by atoms with E-state index in [2.05, 4.69) is 18.7 Å². The summed E-state index contributed by atoms with van der Waals surface area (Å²) in [5, 5.41) is 0. The van der Waals surface area contributed by atoms with E-state index in [0.29, 0.717) is 32.8 Å². The first-order valence-electron chi connectivity index (χ1n) is 11.7. The molecule has 0 aliphatic carbocycles. The Balaban J connectivity index is 1.82. The smallest absolute Gasteiger partial charge is 0.305 e. The predicted molar refractivity (Wildman–Crippen MR) is 125 cm³/mol. The third-order valence-electron chi connectivity index (χ3n) is 5.65. The highest BCUT2D eigenvalue weighted by Crippen LogP contribution is 2.29. The Bertz CT molecular complexity index is 421. The van der Waals surface area contributed by atoms with Crippen LogP contribution in [0.15, 0.2) is 12.2 Å². The summed E-state index contributed by atoms with van der Waals surface area (Å²) in [4.78, 5) is 11.8. The fraction of sp³-hybridized carbons (Fsp3) is 0.870. The molecule has 29 heavy (non-hydrogen) atoms. The van der Waals surface area contributed by atoms with Gasteiger partial charge in [-0.05, 0) is 38.5 Å². The maximum Gasteiger partial charge on any atom is 0.305 e. The third kappa shape index (κ3) is 16.1. The molecule has 6 heteroatoms. The second kappa shape index (κ2) is 18.4. The molecule has 0 amide bonds. The summed E-state index contributed by atoms with van der Waals surface area (Å²) in [5.74, 6) is 0.658. The van der Waals surface area contributed by atoms with Crippen LogP contribution in [-0.2, 0) is 19.0 Å². The van der Waals surface area contributed by atoms with Crippen molar-refractivity contribution in [3.63, 3.8) is 0 Å². The second-order valence-electron chi connectivity index (χ2n) is 8.47. The lowest BCUT2D eigenvalue weighted by molar-refractivity contribution is -0.144. The van der Waals surface area contributed by atoms with Gasteiger partial charge in [0.05, 0.1) is 27.9 Å². The van der Waals surface area contributed by atoms with E-state index in [1.54, 1.807) is 0 Å². The van der Waals surface area contributed by atoms with Gasteiger partial charge < -0.3 is 14.2 Å². The maximum atomic E-state index is 11.8. The molecule has 1 rings (SSSR count). The van der Waals surface area contributed by atoms with E-state index in [0.717, 1.165) is 38.2 Å². The van der Waals surface area contributed by atoms with Crippen LogP contribution >= 0.6 is 11.6 Å². The van der Waals surface area contributed by atoms with Crippen molar-refractivity contribution in [2.24, 2.45) is 0 Å². The highest BCUT2D eigenvalue weighted by atomic mass is 35.5. The van der Waals surface area contributed by atoms with Crippen LogP contribution in [0.5, 0.6) is 0 Å². The van der Waals surface area contributed by atoms with E-state index in [1.807, 2.05) is 0 Å². The summed E-state index contributed by atoms with van der Waals surface area (Å²) in [5.41, 5.74) is 0. The molecule has 0 unspecified atom stereocenters. The van der Waals surface area contributed by atoms with Gasteiger partial charge >= 0.3 is 5.97 Å². The SMILES string of the molecule is C[Si]1(CCCCOC(=O)CCCOCCOCCCCCCCl)CCC=CCC1. The predicted octanol–water partition coefficient (Wildman–Crippen LogP) is 6.35. The summed E-state index contributed by atoms with van der Waals surface area (Å²) in [6, 6.07) is 4.21. The molecular weight excluding hydrogens is 404 g/mol. The molecule has 0 spiro atoms. The molecule has 0 N–H and O–H groups in total. The Morgan fingerprint density at radius 3 is 2.14 bits per heavy atom. The van der Waals surface area contributed by atoms with E-state index in [4.69, 9.17) is 25.8 Å². The molecule has 0 bridgehead atoms. The van der Waals surface area contributed by atoms with Crippen LogP contribution in [0.2, 0.25) is 24.7 Å². The van der Waals surface area contributed by atoms with E-state index < -0.39 is 8.07 Å². The molecule has 0 aromatic rings. The van der Waals surface area contributed by atoms with Gasteiger partial charge in [-0.15, -0.1) is 11.6 Å². The third-order valence-corrected chi connectivity index (χ3v) is 10.5. The number of unbranched alkanes of at least 4 members (excludes halogenated alkanes) is 4. The topological polar surface area (TPSA) is 44.8 Å².